The van der Waals surface area contributed by atoms with Crippen LogP contribution in [0.1, 0.15) is 28.8 Å². The zero-order valence-corrected chi connectivity index (χ0v) is 13.8. The summed E-state index contributed by atoms with van der Waals surface area (Å²) in [4.78, 5) is 14.5. The number of phenols is 1. The van der Waals surface area contributed by atoms with Crippen LogP contribution in [0, 0.1) is 11.6 Å². The van der Waals surface area contributed by atoms with Crippen molar-refractivity contribution >= 4 is 11.6 Å². The van der Waals surface area contributed by atoms with Crippen LogP contribution in [0.2, 0.25) is 0 Å². The van der Waals surface area contributed by atoms with Crippen LogP contribution in [-0.2, 0) is 6.42 Å². The SMILES string of the molecule is O=C(NCCc1c(F)cc(O)cc1F)c1cccc(N2CCCC2)c1. The Kier molecular flexibility index (Phi) is 5.16. The number of rotatable bonds is 5. The molecular formula is C19H20F2N2O2. The minimum Gasteiger partial charge on any atom is -0.508 e. The predicted molar refractivity (Wildman–Crippen MR) is 91.9 cm³/mol. The Balaban J connectivity index is 1.60. The van der Waals surface area contributed by atoms with E-state index in [9.17, 15) is 13.6 Å². The third-order valence-electron chi connectivity index (χ3n) is 4.37. The van der Waals surface area contributed by atoms with Crippen LogP contribution in [-0.4, -0.2) is 30.6 Å². The highest BCUT2D eigenvalue weighted by Gasteiger charge is 2.15. The van der Waals surface area contributed by atoms with Gasteiger partial charge in [0.15, 0.2) is 0 Å². The molecule has 0 saturated carbocycles. The van der Waals surface area contributed by atoms with Crippen LogP contribution in [0.4, 0.5) is 14.5 Å². The van der Waals surface area contributed by atoms with Gasteiger partial charge in [0.2, 0.25) is 0 Å². The first kappa shape index (κ1) is 17.2. The minimum absolute atomic E-state index is 0.00943. The second kappa shape index (κ2) is 7.51. The first-order valence-electron chi connectivity index (χ1n) is 8.34. The van der Waals surface area contributed by atoms with E-state index in [1.165, 1.54) is 0 Å². The molecule has 3 rings (SSSR count). The largest absolute Gasteiger partial charge is 0.508 e. The average molecular weight is 346 g/mol. The number of carbonyl (C=O) groups is 1. The van der Waals surface area contributed by atoms with E-state index in [0.717, 1.165) is 43.8 Å². The maximum atomic E-state index is 13.7. The van der Waals surface area contributed by atoms with Gasteiger partial charge in [-0.15, -0.1) is 0 Å². The molecule has 4 nitrogen and oxygen atoms in total. The van der Waals surface area contributed by atoms with Gasteiger partial charge >= 0.3 is 0 Å². The molecule has 1 aliphatic heterocycles. The van der Waals surface area contributed by atoms with Gasteiger partial charge in [0.1, 0.15) is 17.4 Å². The molecule has 0 aromatic heterocycles. The van der Waals surface area contributed by atoms with E-state index in [4.69, 9.17) is 5.11 Å². The van der Waals surface area contributed by atoms with Crippen LogP contribution in [0.3, 0.4) is 0 Å². The number of anilines is 1. The first-order chi connectivity index (χ1) is 12.0. The van der Waals surface area contributed by atoms with Crippen LogP contribution >= 0.6 is 0 Å². The number of nitrogens with one attached hydrogen (secondary N) is 1. The monoisotopic (exact) mass is 346 g/mol. The lowest BCUT2D eigenvalue weighted by Crippen LogP contribution is -2.26. The van der Waals surface area contributed by atoms with Crippen molar-refractivity contribution in [1.29, 1.82) is 0 Å². The summed E-state index contributed by atoms with van der Waals surface area (Å²) in [7, 11) is 0. The molecule has 25 heavy (non-hydrogen) atoms. The summed E-state index contributed by atoms with van der Waals surface area (Å²) >= 11 is 0. The Morgan fingerprint density at radius 2 is 1.80 bits per heavy atom. The summed E-state index contributed by atoms with van der Waals surface area (Å²) in [5, 5.41) is 11.8. The Hall–Kier alpha value is -2.63. The summed E-state index contributed by atoms with van der Waals surface area (Å²) in [6.07, 6.45) is 2.32. The lowest BCUT2D eigenvalue weighted by Gasteiger charge is -2.18. The molecule has 0 atom stereocenters. The number of amides is 1. The zero-order chi connectivity index (χ0) is 17.8. The second-order valence-corrected chi connectivity index (χ2v) is 6.14. The molecule has 6 heteroatoms. The smallest absolute Gasteiger partial charge is 0.251 e. The van der Waals surface area contributed by atoms with Crippen LogP contribution in [0.25, 0.3) is 0 Å². The van der Waals surface area contributed by atoms with E-state index in [1.54, 1.807) is 6.07 Å². The fourth-order valence-electron chi connectivity index (χ4n) is 3.05. The summed E-state index contributed by atoms with van der Waals surface area (Å²) in [5.74, 6) is -2.37. The number of benzene rings is 2. The van der Waals surface area contributed by atoms with Gasteiger partial charge in [0.25, 0.3) is 5.91 Å². The van der Waals surface area contributed by atoms with E-state index in [1.807, 2.05) is 18.2 Å². The molecule has 1 fully saturated rings. The van der Waals surface area contributed by atoms with Gasteiger partial charge in [-0.1, -0.05) is 6.07 Å². The Labute approximate surface area is 145 Å². The van der Waals surface area contributed by atoms with Crippen molar-refractivity contribution in [2.24, 2.45) is 0 Å². The highest BCUT2D eigenvalue weighted by molar-refractivity contribution is 5.95. The molecule has 0 bridgehead atoms. The zero-order valence-electron chi connectivity index (χ0n) is 13.8. The number of carbonyl (C=O) groups excluding carboxylic acids is 1. The molecule has 0 radical (unpaired) electrons. The van der Waals surface area contributed by atoms with Crippen LogP contribution < -0.4 is 10.2 Å². The number of halogens is 2. The molecule has 1 aliphatic rings. The molecule has 1 heterocycles. The fraction of sp³-hybridized carbons (Fsp3) is 0.316. The van der Waals surface area contributed by atoms with Crippen molar-refractivity contribution in [3.8, 4) is 5.75 Å². The maximum absolute atomic E-state index is 13.7. The number of nitrogens with zero attached hydrogens (tertiary/aromatic N) is 1. The molecule has 132 valence electrons. The first-order valence-corrected chi connectivity index (χ1v) is 8.34. The lowest BCUT2D eigenvalue weighted by molar-refractivity contribution is 0.0954. The van der Waals surface area contributed by atoms with E-state index in [0.29, 0.717) is 5.56 Å². The molecule has 2 N–H and O–H groups in total. The molecule has 1 saturated heterocycles. The molecule has 0 unspecified atom stereocenters. The summed E-state index contributed by atoms with van der Waals surface area (Å²) in [6, 6.07) is 9.09. The Bertz CT molecular complexity index is 751. The third kappa shape index (κ3) is 4.07. The van der Waals surface area contributed by atoms with Gasteiger partial charge in [-0.05, 0) is 37.5 Å². The van der Waals surface area contributed by atoms with Gasteiger partial charge in [0.05, 0.1) is 0 Å². The van der Waals surface area contributed by atoms with Crippen molar-refractivity contribution in [3.05, 3.63) is 59.2 Å². The Morgan fingerprint density at radius 1 is 1.12 bits per heavy atom. The molecule has 1 amide bonds. The number of phenolic OH excluding ortho intramolecular Hbond substituents is 1. The number of aromatic hydroxyl groups is 1. The Morgan fingerprint density at radius 3 is 2.48 bits per heavy atom. The van der Waals surface area contributed by atoms with Gasteiger partial charge < -0.3 is 15.3 Å². The standard InChI is InChI=1S/C19H20F2N2O2/c20-17-11-15(24)12-18(21)16(17)6-7-22-19(25)13-4-3-5-14(10-13)23-8-1-2-9-23/h3-5,10-12,24H,1-2,6-9H2,(H,22,25). The molecule has 2 aromatic carbocycles. The van der Waals surface area contributed by atoms with Crippen molar-refractivity contribution < 1.29 is 18.7 Å². The summed E-state index contributed by atoms with van der Waals surface area (Å²) in [6.45, 7) is 2.08. The van der Waals surface area contributed by atoms with Gasteiger partial charge in [-0.2, -0.15) is 0 Å². The quantitative estimate of drug-likeness (QED) is 0.874. The van der Waals surface area contributed by atoms with Crippen molar-refractivity contribution in [1.82, 2.24) is 5.32 Å². The topological polar surface area (TPSA) is 52.6 Å². The van der Waals surface area contributed by atoms with Crippen molar-refractivity contribution in [2.75, 3.05) is 24.5 Å². The van der Waals surface area contributed by atoms with Gasteiger partial charge in [0, 0.05) is 48.6 Å². The predicted octanol–water partition coefficient (Wildman–Crippen LogP) is 3.24. The normalized spacial score (nSPS) is 13.9. The lowest BCUT2D eigenvalue weighted by atomic mass is 10.1. The number of hydrogen-bond donors (Lipinski definition) is 2. The molecule has 2 aromatic rings. The van der Waals surface area contributed by atoms with E-state index in [2.05, 4.69) is 10.2 Å². The minimum atomic E-state index is -0.817. The van der Waals surface area contributed by atoms with E-state index < -0.39 is 17.4 Å². The molecule has 0 spiro atoms. The van der Waals surface area contributed by atoms with Crippen LogP contribution in [0.5, 0.6) is 5.75 Å². The third-order valence-corrected chi connectivity index (χ3v) is 4.37. The summed E-state index contributed by atoms with van der Waals surface area (Å²) in [5.41, 5.74) is 1.39. The highest BCUT2D eigenvalue weighted by Crippen LogP contribution is 2.22. The summed E-state index contributed by atoms with van der Waals surface area (Å²) < 4.78 is 27.3. The van der Waals surface area contributed by atoms with E-state index in [-0.39, 0.29) is 24.4 Å². The highest BCUT2D eigenvalue weighted by atomic mass is 19.1. The number of hydrogen-bond acceptors (Lipinski definition) is 3. The van der Waals surface area contributed by atoms with Gasteiger partial charge in [-0.3, -0.25) is 4.79 Å². The molecule has 0 aliphatic carbocycles. The second-order valence-electron chi connectivity index (χ2n) is 6.14. The fourth-order valence-corrected chi connectivity index (χ4v) is 3.05. The maximum Gasteiger partial charge on any atom is 0.251 e. The van der Waals surface area contributed by atoms with Crippen LogP contribution in [0.15, 0.2) is 36.4 Å². The van der Waals surface area contributed by atoms with E-state index >= 15 is 0 Å². The van der Waals surface area contributed by atoms with Gasteiger partial charge in [-0.25, -0.2) is 8.78 Å². The van der Waals surface area contributed by atoms with Crippen molar-refractivity contribution in [3.63, 3.8) is 0 Å². The molecular weight excluding hydrogens is 326 g/mol. The average Bonchev–Trinajstić information content (AvgIpc) is 3.11. The van der Waals surface area contributed by atoms with Crippen molar-refractivity contribution in [2.45, 2.75) is 19.3 Å².